The Kier molecular flexibility index (Phi) is 0.731. The van der Waals surface area contributed by atoms with Crippen LogP contribution in [0.15, 0.2) is 11.5 Å². The van der Waals surface area contributed by atoms with Crippen LogP contribution in [-0.2, 0) is 0 Å². The van der Waals surface area contributed by atoms with Crippen LogP contribution in [0.1, 0.15) is 6.42 Å². The third-order valence-electron chi connectivity index (χ3n) is 0.696. The number of rotatable bonds is 1. The summed E-state index contributed by atoms with van der Waals surface area (Å²) in [5, 5.41) is 0. The maximum absolute atomic E-state index is 4.01. The summed E-state index contributed by atoms with van der Waals surface area (Å²) in [6.45, 7) is 0.972. The monoisotopic (exact) mass is 84.0 g/mol. The van der Waals surface area contributed by atoms with Crippen molar-refractivity contribution in [2.24, 2.45) is 0 Å². The Morgan fingerprint density at radius 2 is 2.60 bits per heavy atom. The fraction of sp³-hybridized carbons (Fsp3) is 0.333. The maximum atomic E-state index is 4.01. The van der Waals surface area contributed by atoms with Crippen LogP contribution in [0.5, 0.6) is 0 Å². The van der Waals surface area contributed by atoms with Gasteiger partial charge in [-0.1, -0.05) is 11.5 Å². The van der Waals surface area contributed by atoms with Crippen molar-refractivity contribution in [1.82, 2.24) is 0 Å². The zero-order valence-corrected chi connectivity index (χ0v) is 3.83. The SMILES string of the molecule is SBC1=CC1. The minimum absolute atomic E-state index is 0.972. The number of hydrogen-bond acceptors (Lipinski definition) is 1. The molecule has 1 aliphatic rings. The van der Waals surface area contributed by atoms with Crippen molar-refractivity contribution in [3.05, 3.63) is 11.5 Å². The van der Waals surface area contributed by atoms with Gasteiger partial charge in [-0.2, -0.15) is 0 Å². The van der Waals surface area contributed by atoms with Gasteiger partial charge >= 0.3 is 0 Å². The zero-order chi connectivity index (χ0) is 3.70. The fourth-order valence-corrected chi connectivity index (χ4v) is 0.459. The number of thiol groups is 1. The molecule has 0 aromatic carbocycles. The highest BCUT2D eigenvalue weighted by atomic mass is 32.1. The Morgan fingerprint density at radius 1 is 2.00 bits per heavy atom. The van der Waals surface area contributed by atoms with Crippen molar-refractivity contribution in [3.63, 3.8) is 0 Å². The van der Waals surface area contributed by atoms with E-state index in [-0.39, 0.29) is 0 Å². The molecule has 0 unspecified atom stereocenters. The molecule has 0 spiro atoms. The third-order valence-corrected chi connectivity index (χ3v) is 1.10. The Hall–Kier alpha value is 0.155. The molecule has 0 saturated heterocycles. The summed E-state index contributed by atoms with van der Waals surface area (Å²) in [4.78, 5) is 0. The van der Waals surface area contributed by atoms with Gasteiger partial charge in [-0.3, -0.25) is 0 Å². The fourth-order valence-electron chi connectivity index (χ4n) is 0.201. The molecule has 1 aliphatic carbocycles. The van der Waals surface area contributed by atoms with Gasteiger partial charge in [-0.15, -0.1) is 0 Å². The van der Waals surface area contributed by atoms with Crippen LogP contribution in [-0.4, -0.2) is 6.56 Å². The molecule has 0 aromatic rings. The molecule has 0 bridgehead atoms. The van der Waals surface area contributed by atoms with E-state index < -0.39 is 0 Å². The smallest absolute Gasteiger partial charge is 0.215 e. The molecule has 0 saturated carbocycles. The summed E-state index contributed by atoms with van der Waals surface area (Å²) < 4.78 is 0. The lowest BCUT2D eigenvalue weighted by Crippen LogP contribution is -1.64. The van der Waals surface area contributed by atoms with Gasteiger partial charge in [-0.25, -0.2) is 12.5 Å². The van der Waals surface area contributed by atoms with Crippen molar-refractivity contribution in [3.8, 4) is 0 Å². The molecule has 0 N–H and O–H groups in total. The normalized spacial score (nSPS) is 17.4. The first-order valence-corrected chi connectivity index (χ1v) is 2.35. The van der Waals surface area contributed by atoms with Crippen LogP contribution in [0.25, 0.3) is 0 Å². The van der Waals surface area contributed by atoms with Crippen LogP contribution in [0, 0.1) is 0 Å². The van der Waals surface area contributed by atoms with Crippen LogP contribution in [0.4, 0.5) is 0 Å². The van der Waals surface area contributed by atoms with Gasteiger partial charge in [0.25, 0.3) is 0 Å². The van der Waals surface area contributed by atoms with E-state index in [0.29, 0.717) is 0 Å². The van der Waals surface area contributed by atoms with Gasteiger partial charge < -0.3 is 0 Å². The molecular weight excluding hydrogens is 78.9 g/mol. The van der Waals surface area contributed by atoms with Crippen LogP contribution in [0.2, 0.25) is 0 Å². The van der Waals surface area contributed by atoms with Crippen LogP contribution in [0.3, 0.4) is 0 Å². The molecule has 0 aromatic heterocycles. The molecule has 0 fully saturated rings. The lowest BCUT2D eigenvalue weighted by molar-refractivity contribution is 1.67. The summed E-state index contributed by atoms with van der Waals surface area (Å²) in [5.41, 5.74) is 1.49. The Bertz CT molecular complexity index is 67.3. The second-order valence-electron chi connectivity index (χ2n) is 1.22. The summed E-state index contributed by atoms with van der Waals surface area (Å²) in [5.74, 6) is 0. The van der Waals surface area contributed by atoms with E-state index in [2.05, 4.69) is 18.6 Å². The van der Waals surface area contributed by atoms with Gasteiger partial charge in [0.2, 0.25) is 6.56 Å². The van der Waals surface area contributed by atoms with Gasteiger partial charge in [0.05, 0.1) is 0 Å². The highest BCUT2D eigenvalue weighted by Crippen LogP contribution is 2.16. The van der Waals surface area contributed by atoms with Gasteiger partial charge in [0.1, 0.15) is 0 Å². The highest BCUT2D eigenvalue weighted by Gasteiger charge is 2.02. The van der Waals surface area contributed by atoms with E-state index in [4.69, 9.17) is 0 Å². The highest BCUT2D eigenvalue weighted by molar-refractivity contribution is 8.07. The van der Waals surface area contributed by atoms with E-state index in [1.165, 1.54) is 11.9 Å². The summed E-state index contributed by atoms with van der Waals surface area (Å²) in [7, 11) is 0. The number of hydrogen-bond donors (Lipinski definition) is 1. The van der Waals surface area contributed by atoms with Crippen molar-refractivity contribution < 1.29 is 0 Å². The van der Waals surface area contributed by atoms with Crippen molar-refractivity contribution in [1.29, 1.82) is 0 Å². The predicted octanol–water partition coefficient (Wildman–Crippen LogP) is 0.555. The lowest BCUT2D eigenvalue weighted by Gasteiger charge is -1.62. The average molecular weight is 84.0 g/mol. The van der Waals surface area contributed by atoms with E-state index in [9.17, 15) is 0 Å². The molecule has 1 rings (SSSR count). The average Bonchev–Trinajstić information content (AvgIpc) is 2.12. The first-order chi connectivity index (χ1) is 2.43. The molecule has 0 nitrogen and oxygen atoms in total. The second-order valence-corrected chi connectivity index (χ2v) is 1.54. The van der Waals surface area contributed by atoms with Crippen molar-refractivity contribution in [2.75, 3.05) is 0 Å². The van der Waals surface area contributed by atoms with E-state index in [1.807, 2.05) is 0 Å². The van der Waals surface area contributed by atoms with Gasteiger partial charge in [0, 0.05) is 0 Å². The molecule has 0 heterocycles. The predicted molar refractivity (Wildman–Crippen MR) is 28.8 cm³/mol. The van der Waals surface area contributed by atoms with E-state index >= 15 is 0 Å². The Morgan fingerprint density at radius 3 is 2.60 bits per heavy atom. The van der Waals surface area contributed by atoms with Gasteiger partial charge in [-0.05, 0) is 6.42 Å². The molecular formula is C3H5BS. The van der Waals surface area contributed by atoms with Crippen LogP contribution < -0.4 is 0 Å². The quantitative estimate of drug-likeness (QED) is 0.348. The largest absolute Gasteiger partial charge is 0.226 e. The molecule has 2 heteroatoms. The third kappa shape index (κ3) is 0.726. The molecule has 5 heavy (non-hydrogen) atoms. The summed E-state index contributed by atoms with van der Waals surface area (Å²) >= 11 is 4.01. The minimum atomic E-state index is 0.972. The maximum Gasteiger partial charge on any atom is 0.215 e. The molecule has 0 atom stereocenters. The summed E-state index contributed by atoms with van der Waals surface area (Å²) in [6.07, 6.45) is 3.41. The molecule has 0 amide bonds. The van der Waals surface area contributed by atoms with Crippen LogP contribution >= 0.6 is 12.5 Å². The van der Waals surface area contributed by atoms with Crippen molar-refractivity contribution in [2.45, 2.75) is 6.42 Å². The molecule has 0 aliphatic heterocycles. The second kappa shape index (κ2) is 1.09. The van der Waals surface area contributed by atoms with Crippen molar-refractivity contribution >= 4 is 19.0 Å². The summed E-state index contributed by atoms with van der Waals surface area (Å²) in [6, 6.07) is 0. The molecule has 26 valence electrons. The van der Waals surface area contributed by atoms with E-state index in [0.717, 1.165) is 6.56 Å². The Labute approximate surface area is 37.8 Å². The topological polar surface area (TPSA) is 0 Å². The number of allylic oxidation sites excluding steroid dienone is 2. The Balaban J connectivity index is 2.22. The first kappa shape index (κ1) is 3.35. The zero-order valence-electron chi connectivity index (χ0n) is 2.94. The molecule has 0 radical (unpaired) electrons. The lowest BCUT2D eigenvalue weighted by atomic mass is 10.1. The van der Waals surface area contributed by atoms with Gasteiger partial charge in [0.15, 0.2) is 0 Å². The first-order valence-electron chi connectivity index (χ1n) is 1.72. The standard InChI is InChI=1S/C3H5BS/c5-4-3-1-2-3/h1,4-5H,2H2. The minimum Gasteiger partial charge on any atom is -0.226 e. The van der Waals surface area contributed by atoms with E-state index in [1.54, 1.807) is 0 Å².